The molecule has 0 aromatic carbocycles. The minimum atomic E-state index is -0.0720. The Balaban J connectivity index is 2.82. The molecule has 0 spiro atoms. The summed E-state index contributed by atoms with van der Waals surface area (Å²) in [6.45, 7) is 8.81. The molecule has 4 nitrogen and oxygen atoms in total. The largest absolute Gasteiger partial charge is 0.377 e. The third kappa shape index (κ3) is 3.46. The van der Waals surface area contributed by atoms with E-state index >= 15 is 0 Å². The Morgan fingerprint density at radius 2 is 2.06 bits per heavy atom. The van der Waals surface area contributed by atoms with Crippen molar-refractivity contribution in [1.82, 2.24) is 9.78 Å². The van der Waals surface area contributed by atoms with Gasteiger partial charge in [-0.2, -0.15) is 5.10 Å². The van der Waals surface area contributed by atoms with Gasteiger partial charge in [-0.3, -0.25) is 4.68 Å². The second-order valence-corrected chi connectivity index (χ2v) is 5.38. The first-order chi connectivity index (χ1) is 8.38. The number of halogens is 1. The molecule has 5 heteroatoms. The number of ether oxygens (including phenoxy) is 1. The van der Waals surface area contributed by atoms with Crippen LogP contribution in [-0.4, -0.2) is 28.5 Å². The molecule has 0 bridgehead atoms. The van der Waals surface area contributed by atoms with Crippen molar-refractivity contribution in [2.75, 3.05) is 6.61 Å². The molecular formula is C13H24ClN3O. The Morgan fingerprint density at radius 1 is 1.44 bits per heavy atom. The fraction of sp³-hybridized carbons (Fsp3) is 0.769. The van der Waals surface area contributed by atoms with Crippen LogP contribution in [0.3, 0.4) is 0 Å². The van der Waals surface area contributed by atoms with Gasteiger partial charge in [-0.05, 0) is 19.8 Å². The second-order valence-electron chi connectivity index (χ2n) is 5.00. The lowest BCUT2D eigenvalue weighted by molar-refractivity contribution is 0.0124. The van der Waals surface area contributed by atoms with E-state index in [4.69, 9.17) is 22.1 Å². The highest BCUT2D eigenvalue weighted by Gasteiger charge is 2.24. The summed E-state index contributed by atoms with van der Waals surface area (Å²) in [5.74, 6) is 0.382. The van der Waals surface area contributed by atoms with Gasteiger partial charge in [-0.1, -0.05) is 25.4 Å². The molecule has 0 saturated heterocycles. The fourth-order valence-corrected chi connectivity index (χ4v) is 2.48. The molecule has 0 saturated carbocycles. The van der Waals surface area contributed by atoms with Crippen molar-refractivity contribution in [3.63, 3.8) is 0 Å². The zero-order valence-corrected chi connectivity index (χ0v) is 12.7. The highest BCUT2D eigenvalue weighted by Crippen LogP contribution is 2.22. The lowest BCUT2D eigenvalue weighted by Crippen LogP contribution is -2.42. The third-order valence-electron chi connectivity index (χ3n) is 3.13. The monoisotopic (exact) mass is 273 g/mol. The molecule has 104 valence electrons. The Bertz CT molecular complexity index is 390. The van der Waals surface area contributed by atoms with E-state index in [2.05, 4.69) is 18.9 Å². The van der Waals surface area contributed by atoms with Crippen molar-refractivity contribution in [3.8, 4) is 0 Å². The van der Waals surface area contributed by atoms with E-state index < -0.39 is 0 Å². The van der Waals surface area contributed by atoms with E-state index in [1.54, 1.807) is 4.68 Å². The maximum atomic E-state index is 6.26. The molecule has 0 aliphatic rings. The van der Waals surface area contributed by atoms with Crippen LogP contribution in [0.15, 0.2) is 0 Å². The Labute approximate surface area is 114 Å². The van der Waals surface area contributed by atoms with Crippen LogP contribution in [-0.2, 0) is 18.2 Å². The van der Waals surface area contributed by atoms with Gasteiger partial charge in [0.25, 0.3) is 0 Å². The van der Waals surface area contributed by atoms with Gasteiger partial charge in [0, 0.05) is 26.1 Å². The van der Waals surface area contributed by atoms with Crippen LogP contribution in [0, 0.1) is 12.8 Å². The van der Waals surface area contributed by atoms with E-state index in [1.807, 2.05) is 20.9 Å². The second kappa shape index (κ2) is 6.55. The van der Waals surface area contributed by atoms with Gasteiger partial charge in [0.15, 0.2) is 0 Å². The summed E-state index contributed by atoms with van der Waals surface area (Å²) in [5.41, 5.74) is 8.08. The van der Waals surface area contributed by atoms with Crippen molar-refractivity contribution < 1.29 is 4.74 Å². The Morgan fingerprint density at radius 3 is 2.44 bits per heavy atom. The first-order valence-electron chi connectivity index (χ1n) is 6.43. The number of aryl methyl sites for hydroxylation is 2. The summed E-state index contributed by atoms with van der Waals surface area (Å²) in [6, 6.07) is -0.0720. The van der Waals surface area contributed by atoms with Crippen molar-refractivity contribution in [1.29, 1.82) is 0 Å². The van der Waals surface area contributed by atoms with Gasteiger partial charge < -0.3 is 10.5 Å². The number of nitrogens with zero attached hydrogens (tertiary/aromatic N) is 2. The van der Waals surface area contributed by atoms with E-state index in [9.17, 15) is 0 Å². The van der Waals surface area contributed by atoms with Crippen LogP contribution in [0.25, 0.3) is 0 Å². The molecule has 0 aliphatic carbocycles. The van der Waals surface area contributed by atoms with Crippen molar-refractivity contribution in [2.24, 2.45) is 18.7 Å². The summed E-state index contributed by atoms with van der Waals surface area (Å²) < 4.78 is 7.53. The topological polar surface area (TPSA) is 53.1 Å². The molecular weight excluding hydrogens is 250 g/mol. The molecule has 1 aromatic heterocycles. The van der Waals surface area contributed by atoms with E-state index in [0.717, 1.165) is 11.4 Å². The molecule has 2 N–H and O–H groups in total. The van der Waals surface area contributed by atoms with Gasteiger partial charge in [0.2, 0.25) is 0 Å². The molecule has 1 aromatic rings. The molecule has 0 amide bonds. The summed E-state index contributed by atoms with van der Waals surface area (Å²) in [7, 11) is 1.89. The molecule has 0 aliphatic heterocycles. The maximum Gasteiger partial charge on any atom is 0.0847 e. The zero-order valence-electron chi connectivity index (χ0n) is 11.9. The lowest BCUT2D eigenvalue weighted by atomic mass is 9.96. The number of aromatic nitrogens is 2. The predicted octanol–water partition coefficient (Wildman–Crippen LogP) is 2.31. The minimum absolute atomic E-state index is 0.0428. The average molecular weight is 274 g/mol. The first-order valence-corrected chi connectivity index (χ1v) is 6.81. The van der Waals surface area contributed by atoms with Crippen LogP contribution >= 0.6 is 11.6 Å². The lowest BCUT2D eigenvalue weighted by Gasteiger charge is -2.27. The zero-order chi connectivity index (χ0) is 13.9. The van der Waals surface area contributed by atoms with Crippen LogP contribution < -0.4 is 5.73 Å². The maximum absolute atomic E-state index is 6.26. The van der Waals surface area contributed by atoms with E-state index in [-0.39, 0.29) is 12.1 Å². The van der Waals surface area contributed by atoms with Crippen LogP contribution in [0.4, 0.5) is 0 Å². The Kier molecular flexibility index (Phi) is 5.63. The minimum Gasteiger partial charge on any atom is -0.377 e. The van der Waals surface area contributed by atoms with E-state index in [0.29, 0.717) is 24.0 Å². The normalized spacial score (nSPS) is 15.1. The van der Waals surface area contributed by atoms with Gasteiger partial charge in [-0.25, -0.2) is 0 Å². The van der Waals surface area contributed by atoms with E-state index in [1.165, 1.54) is 0 Å². The first kappa shape index (κ1) is 15.5. The molecule has 18 heavy (non-hydrogen) atoms. The third-order valence-corrected chi connectivity index (χ3v) is 3.62. The summed E-state index contributed by atoms with van der Waals surface area (Å²) in [4.78, 5) is 0. The number of hydrogen-bond donors (Lipinski definition) is 1. The molecule has 1 rings (SSSR count). The molecule has 0 fully saturated rings. The fourth-order valence-electron chi connectivity index (χ4n) is 2.24. The van der Waals surface area contributed by atoms with Crippen molar-refractivity contribution >= 4 is 11.6 Å². The number of nitrogens with two attached hydrogens (primary N) is 1. The highest BCUT2D eigenvalue weighted by molar-refractivity contribution is 6.31. The summed E-state index contributed by atoms with van der Waals surface area (Å²) >= 11 is 6.24. The average Bonchev–Trinajstić information content (AvgIpc) is 2.52. The number of hydrogen-bond acceptors (Lipinski definition) is 3. The Hall–Kier alpha value is -0.580. The quantitative estimate of drug-likeness (QED) is 0.865. The highest BCUT2D eigenvalue weighted by atomic mass is 35.5. The molecule has 2 unspecified atom stereocenters. The number of rotatable bonds is 6. The van der Waals surface area contributed by atoms with Crippen molar-refractivity contribution in [3.05, 3.63) is 16.4 Å². The molecule has 2 atom stereocenters. The van der Waals surface area contributed by atoms with Gasteiger partial charge in [0.05, 0.1) is 22.5 Å². The standard InChI is InChI=1S/C13H24ClN3O/c1-6-18-13(8(2)3)10(15)7-11-12(14)9(4)16-17(11)5/h8,10,13H,6-7,15H2,1-5H3. The van der Waals surface area contributed by atoms with Crippen LogP contribution in [0.1, 0.15) is 32.2 Å². The molecule has 0 radical (unpaired) electrons. The SMILES string of the molecule is CCOC(C(C)C)C(N)Cc1c(Cl)c(C)nn1C. The summed E-state index contributed by atoms with van der Waals surface area (Å²) in [5, 5.41) is 5.02. The van der Waals surface area contributed by atoms with Crippen LogP contribution in [0.5, 0.6) is 0 Å². The van der Waals surface area contributed by atoms with Gasteiger partial charge >= 0.3 is 0 Å². The smallest absolute Gasteiger partial charge is 0.0847 e. The summed E-state index contributed by atoms with van der Waals surface area (Å²) in [6.07, 6.45) is 0.722. The molecule has 1 heterocycles. The van der Waals surface area contributed by atoms with Crippen molar-refractivity contribution in [2.45, 2.75) is 46.3 Å². The van der Waals surface area contributed by atoms with Crippen LogP contribution in [0.2, 0.25) is 5.02 Å². The van der Waals surface area contributed by atoms with Gasteiger partial charge in [0.1, 0.15) is 0 Å². The van der Waals surface area contributed by atoms with Gasteiger partial charge in [-0.15, -0.1) is 0 Å². The predicted molar refractivity (Wildman–Crippen MR) is 74.9 cm³/mol.